The van der Waals surface area contributed by atoms with Gasteiger partial charge in [-0.05, 0) is 19.3 Å². The van der Waals surface area contributed by atoms with Crippen LogP contribution >= 0.6 is 0 Å². The van der Waals surface area contributed by atoms with Gasteiger partial charge in [0.1, 0.15) is 0 Å². The summed E-state index contributed by atoms with van der Waals surface area (Å²) < 4.78 is 4.86. The molecule has 0 saturated heterocycles. The van der Waals surface area contributed by atoms with E-state index in [9.17, 15) is 9.90 Å². The fourth-order valence-corrected chi connectivity index (χ4v) is 1.95. The minimum Gasteiger partial charge on any atom is -0.391 e. The lowest BCUT2D eigenvalue weighted by molar-refractivity contribution is -0.124. The number of nitrogens with one attached hydrogen (secondary N) is 1. The van der Waals surface area contributed by atoms with Crippen molar-refractivity contribution in [2.75, 3.05) is 13.7 Å². The van der Waals surface area contributed by atoms with Crippen LogP contribution in [0.1, 0.15) is 32.1 Å². The van der Waals surface area contributed by atoms with Gasteiger partial charge >= 0.3 is 0 Å². The molecule has 0 radical (unpaired) electrons. The largest absolute Gasteiger partial charge is 0.391 e. The Morgan fingerprint density at radius 2 is 2.25 bits per heavy atom. The summed E-state index contributed by atoms with van der Waals surface area (Å²) >= 11 is 0. The van der Waals surface area contributed by atoms with E-state index < -0.39 is 12.1 Å². The summed E-state index contributed by atoms with van der Waals surface area (Å²) in [5, 5.41) is 12.5. The Kier molecular flexibility index (Phi) is 5.73. The molecule has 0 heterocycles. The molecule has 0 spiro atoms. The number of methoxy groups -OCH3 is 1. The first-order valence-corrected chi connectivity index (χ1v) is 5.88. The maximum Gasteiger partial charge on any atom is 0.237 e. The van der Waals surface area contributed by atoms with Crippen LogP contribution in [0, 0.1) is 0 Å². The summed E-state index contributed by atoms with van der Waals surface area (Å²) in [6.45, 7) is 0.474. The standard InChI is InChI=1S/C11H22N2O3/c1-16-7-6-8(12)11(15)13-9-4-2-3-5-10(9)14/h8-10,14H,2-7,12H2,1H3,(H,13,15). The Balaban J connectivity index is 2.31. The summed E-state index contributed by atoms with van der Waals surface area (Å²) in [4.78, 5) is 11.7. The van der Waals surface area contributed by atoms with Crippen molar-refractivity contribution >= 4 is 5.91 Å². The monoisotopic (exact) mass is 230 g/mol. The normalized spacial score (nSPS) is 27.4. The molecule has 3 atom stereocenters. The van der Waals surface area contributed by atoms with Crippen molar-refractivity contribution in [3.63, 3.8) is 0 Å². The topological polar surface area (TPSA) is 84.6 Å². The summed E-state index contributed by atoms with van der Waals surface area (Å²) in [5.41, 5.74) is 5.69. The molecule has 1 fully saturated rings. The molecule has 16 heavy (non-hydrogen) atoms. The Labute approximate surface area is 96.3 Å². The van der Waals surface area contributed by atoms with Gasteiger partial charge in [0, 0.05) is 13.7 Å². The molecule has 1 saturated carbocycles. The minimum absolute atomic E-state index is 0.130. The molecule has 1 aliphatic rings. The zero-order valence-corrected chi connectivity index (χ0v) is 9.82. The van der Waals surface area contributed by atoms with Gasteiger partial charge in [0.2, 0.25) is 5.91 Å². The van der Waals surface area contributed by atoms with E-state index in [2.05, 4.69) is 5.32 Å². The average molecular weight is 230 g/mol. The average Bonchev–Trinajstić information content (AvgIpc) is 2.28. The predicted molar refractivity (Wildman–Crippen MR) is 60.9 cm³/mol. The quantitative estimate of drug-likeness (QED) is 0.609. The Morgan fingerprint density at radius 3 is 2.88 bits per heavy atom. The fourth-order valence-electron chi connectivity index (χ4n) is 1.95. The molecule has 1 amide bonds. The lowest BCUT2D eigenvalue weighted by atomic mass is 9.92. The van der Waals surface area contributed by atoms with Gasteiger partial charge in [-0.15, -0.1) is 0 Å². The summed E-state index contributed by atoms with van der Waals surface area (Å²) in [6, 6.07) is -0.677. The van der Waals surface area contributed by atoms with Crippen LogP contribution < -0.4 is 11.1 Å². The molecule has 3 unspecified atom stereocenters. The Morgan fingerprint density at radius 1 is 1.56 bits per heavy atom. The number of rotatable bonds is 5. The number of nitrogens with two attached hydrogens (primary N) is 1. The fraction of sp³-hybridized carbons (Fsp3) is 0.909. The number of hydrogen-bond acceptors (Lipinski definition) is 4. The first-order chi connectivity index (χ1) is 7.65. The highest BCUT2D eigenvalue weighted by Gasteiger charge is 2.26. The van der Waals surface area contributed by atoms with Gasteiger partial charge in [0.15, 0.2) is 0 Å². The van der Waals surface area contributed by atoms with Gasteiger partial charge in [0.25, 0.3) is 0 Å². The zero-order chi connectivity index (χ0) is 12.0. The van der Waals surface area contributed by atoms with E-state index in [1.54, 1.807) is 7.11 Å². The van der Waals surface area contributed by atoms with Crippen molar-refractivity contribution in [2.45, 2.75) is 50.3 Å². The summed E-state index contributed by atoms with van der Waals surface area (Å²) in [7, 11) is 1.58. The van der Waals surface area contributed by atoms with Crippen molar-refractivity contribution in [3.8, 4) is 0 Å². The van der Waals surface area contributed by atoms with E-state index >= 15 is 0 Å². The molecule has 0 aromatic rings. The Bertz CT molecular complexity index is 223. The summed E-state index contributed by atoms with van der Waals surface area (Å²) in [5.74, 6) is -0.192. The minimum atomic E-state index is -0.547. The SMILES string of the molecule is COCCC(N)C(=O)NC1CCCCC1O. The molecule has 0 aromatic carbocycles. The van der Waals surface area contributed by atoms with Crippen molar-refractivity contribution < 1.29 is 14.6 Å². The molecule has 5 nitrogen and oxygen atoms in total. The lowest BCUT2D eigenvalue weighted by Crippen LogP contribution is -2.51. The smallest absolute Gasteiger partial charge is 0.237 e. The van der Waals surface area contributed by atoms with E-state index in [0.717, 1.165) is 25.7 Å². The van der Waals surface area contributed by atoms with Crippen molar-refractivity contribution in [1.29, 1.82) is 0 Å². The van der Waals surface area contributed by atoms with Crippen LogP contribution in [0.3, 0.4) is 0 Å². The molecule has 0 bridgehead atoms. The van der Waals surface area contributed by atoms with Crippen LogP contribution in [0.25, 0.3) is 0 Å². The molecular formula is C11H22N2O3. The van der Waals surface area contributed by atoms with Crippen molar-refractivity contribution in [2.24, 2.45) is 5.73 Å². The molecule has 5 heteroatoms. The highest BCUT2D eigenvalue weighted by molar-refractivity contribution is 5.81. The van der Waals surface area contributed by atoms with E-state index in [-0.39, 0.29) is 11.9 Å². The highest BCUT2D eigenvalue weighted by atomic mass is 16.5. The van der Waals surface area contributed by atoms with E-state index in [1.807, 2.05) is 0 Å². The van der Waals surface area contributed by atoms with E-state index in [4.69, 9.17) is 10.5 Å². The molecular weight excluding hydrogens is 208 g/mol. The van der Waals surface area contributed by atoms with Gasteiger partial charge in [-0.1, -0.05) is 12.8 Å². The second kappa shape index (κ2) is 6.83. The summed E-state index contributed by atoms with van der Waals surface area (Å²) in [6.07, 6.45) is 3.76. The van der Waals surface area contributed by atoms with Gasteiger partial charge in [-0.25, -0.2) is 0 Å². The predicted octanol–water partition coefficient (Wildman–Crippen LogP) is -0.230. The van der Waals surface area contributed by atoms with Crippen LogP contribution in [-0.2, 0) is 9.53 Å². The third-order valence-corrected chi connectivity index (χ3v) is 3.03. The molecule has 1 rings (SSSR count). The second-order valence-electron chi connectivity index (χ2n) is 4.35. The van der Waals surface area contributed by atoms with Crippen LogP contribution in [0.2, 0.25) is 0 Å². The van der Waals surface area contributed by atoms with Crippen LogP contribution in [-0.4, -0.2) is 42.9 Å². The number of ether oxygens (including phenoxy) is 1. The molecule has 1 aliphatic carbocycles. The van der Waals surface area contributed by atoms with Crippen LogP contribution in [0.15, 0.2) is 0 Å². The number of hydrogen-bond donors (Lipinski definition) is 3. The Hall–Kier alpha value is -0.650. The number of carbonyl (C=O) groups excluding carboxylic acids is 1. The molecule has 4 N–H and O–H groups in total. The molecule has 0 aliphatic heterocycles. The van der Waals surface area contributed by atoms with Crippen LogP contribution in [0.4, 0.5) is 0 Å². The van der Waals surface area contributed by atoms with Gasteiger partial charge in [0.05, 0.1) is 18.2 Å². The van der Waals surface area contributed by atoms with E-state index in [0.29, 0.717) is 13.0 Å². The van der Waals surface area contributed by atoms with E-state index in [1.165, 1.54) is 0 Å². The second-order valence-corrected chi connectivity index (χ2v) is 4.35. The van der Waals surface area contributed by atoms with Crippen LogP contribution in [0.5, 0.6) is 0 Å². The number of aliphatic hydroxyl groups is 1. The molecule has 94 valence electrons. The third-order valence-electron chi connectivity index (χ3n) is 3.03. The third kappa shape index (κ3) is 4.08. The first kappa shape index (κ1) is 13.4. The number of aliphatic hydroxyl groups excluding tert-OH is 1. The molecule has 0 aromatic heterocycles. The van der Waals surface area contributed by atoms with Gasteiger partial charge in [-0.2, -0.15) is 0 Å². The van der Waals surface area contributed by atoms with Crippen molar-refractivity contribution in [3.05, 3.63) is 0 Å². The maximum atomic E-state index is 11.7. The van der Waals surface area contributed by atoms with Crippen molar-refractivity contribution in [1.82, 2.24) is 5.32 Å². The highest BCUT2D eigenvalue weighted by Crippen LogP contribution is 2.18. The lowest BCUT2D eigenvalue weighted by Gasteiger charge is -2.29. The van der Waals surface area contributed by atoms with Gasteiger partial charge < -0.3 is 20.9 Å². The zero-order valence-electron chi connectivity index (χ0n) is 9.82. The number of amides is 1. The first-order valence-electron chi connectivity index (χ1n) is 5.88. The van der Waals surface area contributed by atoms with Gasteiger partial charge in [-0.3, -0.25) is 4.79 Å². The number of carbonyl (C=O) groups is 1. The maximum absolute atomic E-state index is 11.7.